The van der Waals surface area contributed by atoms with E-state index in [9.17, 15) is 0 Å². The Hall–Kier alpha value is -1.55. The number of nitrogens with zero attached hydrogens (tertiary/aromatic N) is 1. The van der Waals surface area contributed by atoms with Gasteiger partial charge in [-0.1, -0.05) is 18.2 Å². The predicted octanol–water partition coefficient (Wildman–Crippen LogP) is 1.98. The second-order valence-electron chi connectivity index (χ2n) is 4.30. The summed E-state index contributed by atoms with van der Waals surface area (Å²) < 4.78 is 5.58. The van der Waals surface area contributed by atoms with Crippen molar-refractivity contribution in [2.24, 2.45) is 10.7 Å². The Morgan fingerprint density at radius 3 is 2.88 bits per heavy atom. The SMILES string of the molecule is CC(N=C(N)Nc1ccccc1)C1CCCO1. The van der Waals surface area contributed by atoms with E-state index in [4.69, 9.17) is 10.5 Å². The van der Waals surface area contributed by atoms with Crippen LogP contribution in [0.3, 0.4) is 0 Å². The molecule has 1 aliphatic rings. The summed E-state index contributed by atoms with van der Waals surface area (Å²) >= 11 is 0. The Balaban J connectivity index is 1.92. The lowest BCUT2D eigenvalue weighted by Crippen LogP contribution is -2.28. The van der Waals surface area contributed by atoms with Crippen molar-refractivity contribution in [1.82, 2.24) is 0 Å². The van der Waals surface area contributed by atoms with Crippen molar-refractivity contribution in [3.05, 3.63) is 30.3 Å². The molecule has 0 bridgehead atoms. The molecule has 0 aromatic heterocycles. The third kappa shape index (κ3) is 3.46. The van der Waals surface area contributed by atoms with Crippen molar-refractivity contribution in [2.75, 3.05) is 11.9 Å². The minimum atomic E-state index is 0.105. The van der Waals surface area contributed by atoms with Crippen LogP contribution in [0.2, 0.25) is 0 Å². The molecule has 3 N–H and O–H groups in total. The molecule has 17 heavy (non-hydrogen) atoms. The molecular formula is C13H19N3O. The zero-order chi connectivity index (χ0) is 12.1. The standard InChI is InChI=1S/C13H19N3O/c1-10(12-8-5-9-17-12)15-13(14)16-11-6-3-2-4-7-11/h2-4,6-7,10,12H,5,8-9H2,1H3,(H3,14,15,16). The molecule has 0 amide bonds. The molecule has 4 nitrogen and oxygen atoms in total. The molecule has 0 radical (unpaired) electrons. The summed E-state index contributed by atoms with van der Waals surface area (Å²) in [6.07, 6.45) is 2.41. The van der Waals surface area contributed by atoms with Gasteiger partial charge in [0.25, 0.3) is 0 Å². The number of para-hydroxylation sites is 1. The predicted molar refractivity (Wildman–Crippen MR) is 70.1 cm³/mol. The first kappa shape index (κ1) is 11.9. The summed E-state index contributed by atoms with van der Waals surface area (Å²) in [5.74, 6) is 0.444. The van der Waals surface area contributed by atoms with Gasteiger partial charge in [-0.05, 0) is 31.9 Å². The first-order valence-electron chi connectivity index (χ1n) is 6.02. The van der Waals surface area contributed by atoms with Gasteiger partial charge in [0, 0.05) is 12.3 Å². The molecule has 1 aromatic carbocycles. The number of rotatable bonds is 3. The lowest BCUT2D eigenvalue weighted by Gasteiger charge is -2.15. The van der Waals surface area contributed by atoms with Crippen LogP contribution in [0.1, 0.15) is 19.8 Å². The highest BCUT2D eigenvalue weighted by atomic mass is 16.5. The number of benzene rings is 1. The van der Waals surface area contributed by atoms with Gasteiger partial charge in [0.15, 0.2) is 5.96 Å². The molecule has 0 spiro atoms. The normalized spacial score (nSPS) is 22.4. The fourth-order valence-corrected chi connectivity index (χ4v) is 1.99. The van der Waals surface area contributed by atoms with Gasteiger partial charge in [-0.3, -0.25) is 0 Å². The molecule has 1 fully saturated rings. The maximum absolute atomic E-state index is 5.86. The second kappa shape index (κ2) is 5.68. The lowest BCUT2D eigenvalue weighted by molar-refractivity contribution is 0.0953. The van der Waals surface area contributed by atoms with Crippen LogP contribution in [-0.2, 0) is 4.74 Å². The van der Waals surface area contributed by atoms with Crippen LogP contribution in [0.25, 0.3) is 0 Å². The van der Waals surface area contributed by atoms with Gasteiger partial charge in [-0.15, -0.1) is 0 Å². The largest absolute Gasteiger partial charge is 0.376 e. The number of aliphatic imine (C=N–C) groups is 1. The molecule has 1 heterocycles. The monoisotopic (exact) mass is 233 g/mol. The van der Waals surface area contributed by atoms with E-state index in [2.05, 4.69) is 10.3 Å². The molecule has 4 heteroatoms. The number of ether oxygens (including phenoxy) is 1. The van der Waals surface area contributed by atoms with E-state index in [1.165, 1.54) is 0 Å². The van der Waals surface area contributed by atoms with Crippen molar-refractivity contribution in [2.45, 2.75) is 31.9 Å². The summed E-state index contributed by atoms with van der Waals surface area (Å²) in [5.41, 5.74) is 6.81. The number of hydrogen-bond acceptors (Lipinski definition) is 2. The smallest absolute Gasteiger partial charge is 0.193 e. The molecule has 1 aromatic rings. The zero-order valence-corrected chi connectivity index (χ0v) is 10.1. The minimum absolute atomic E-state index is 0.105. The molecule has 2 atom stereocenters. The summed E-state index contributed by atoms with van der Waals surface area (Å²) in [4.78, 5) is 4.41. The fourth-order valence-electron chi connectivity index (χ4n) is 1.99. The van der Waals surface area contributed by atoms with Crippen molar-refractivity contribution in [3.8, 4) is 0 Å². The topological polar surface area (TPSA) is 59.6 Å². The van der Waals surface area contributed by atoms with Crippen molar-refractivity contribution in [3.63, 3.8) is 0 Å². The van der Waals surface area contributed by atoms with Gasteiger partial charge in [0.1, 0.15) is 0 Å². The average molecular weight is 233 g/mol. The van der Waals surface area contributed by atoms with Crippen LogP contribution in [0.5, 0.6) is 0 Å². The lowest BCUT2D eigenvalue weighted by atomic mass is 10.1. The molecule has 92 valence electrons. The van der Waals surface area contributed by atoms with E-state index in [0.29, 0.717) is 5.96 Å². The Labute approximate surface area is 102 Å². The first-order chi connectivity index (χ1) is 8.25. The van der Waals surface area contributed by atoms with E-state index in [1.54, 1.807) is 0 Å². The maximum atomic E-state index is 5.86. The Kier molecular flexibility index (Phi) is 3.98. The van der Waals surface area contributed by atoms with E-state index < -0.39 is 0 Å². The van der Waals surface area contributed by atoms with E-state index in [-0.39, 0.29) is 12.1 Å². The Morgan fingerprint density at radius 1 is 1.47 bits per heavy atom. The van der Waals surface area contributed by atoms with Crippen molar-refractivity contribution >= 4 is 11.6 Å². The number of anilines is 1. The first-order valence-corrected chi connectivity index (χ1v) is 6.02. The van der Waals surface area contributed by atoms with Gasteiger partial charge < -0.3 is 15.8 Å². The summed E-state index contributed by atoms with van der Waals surface area (Å²) in [5, 5.41) is 3.07. The molecule has 0 saturated carbocycles. The van der Waals surface area contributed by atoms with Crippen molar-refractivity contribution < 1.29 is 4.74 Å². The number of nitrogens with one attached hydrogen (secondary N) is 1. The summed E-state index contributed by atoms with van der Waals surface area (Å²) in [7, 11) is 0. The quantitative estimate of drug-likeness (QED) is 0.620. The van der Waals surface area contributed by atoms with Crippen LogP contribution < -0.4 is 11.1 Å². The summed E-state index contributed by atoms with van der Waals surface area (Å²) in [6, 6.07) is 9.90. The van der Waals surface area contributed by atoms with Gasteiger partial charge in [0.05, 0.1) is 12.1 Å². The highest BCUT2D eigenvalue weighted by Crippen LogP contribution is 2.17. The number of hydrogen-bond donors (Lipinski definition) is 2. The van der Waals surface area contributed by atoms with Crippen LogP contribution in [0, 0.1) is 0 Å². The minimum Gasteiger partial charge on any atom is -0.376 e. The fraction of sp³-hybridized carbons (Fsp3) is 0.462. The maximum Gasteiger partial charge on any atom is 0.193 e. The molecule has 1 saturated heterocycles. The second-order valence-corrected chi connectivity index (χ2v) is 4.30. The Bertz CT molecular complexity index is 372. The van der Waals surface area contributed by atoms with Gasteiger partial charge in [0.2, 0.25) is 0 Å². The van der Waals surface area contributed by atoms with Gasteiger partial charge in [-0.2, -0.15) is 0 Å². The highest BCUT2D eigenvalue weighted by Gasteiger charge is 2.21. The highest BCUT2D eigenvalue weighted by molar-refractivity contribution is 5.92. The Morgan fingerprint density at radius 2 is 2.24 bits per heavy atom. The van der Waals surface area contributed by atoms with Gasteiger partial charge >= 0.3 is 0 Å². The molecule has 2 rings (SSSR count). The van der Waals surface area contributed by atoms with Crippen LogP contribution in [0.4, 0.5) is 5.69 Å². The van der Waals surface area contributed by atoms with E-state index >= 15 is 0 Å². The van der Waals surface area contributed by atoms with E-state index in [0.717, 1.165) is 25.1 Å². The van der Waals surface area contributed by atoms with Crippen LogP contribution >= 0.6 is 0 Å². The molecule has 2 unspecified atom stereocenters. The van der Waals surface area contributed by atoms with E-state index in [1.807, 2.05) is 37.3 Å². The third-order valence-electron chi connectivity index (χ3n) is 2.89. The number of nitrogens with two attached hydrogens (primary N) is 1. The average Bonchev–Trinajstić information content (AvgIpc) is 2.83. The molecule has 1 aliphatic heterocycles. The summed E-state index contributed by atoms with van der Waals surface area (Å²) in [6.45, 7) is 2.88. The third-order valence-corrected chi connectivity index (χ3v) is 2.89. The zero-order valence-electron chi connectivity index (χ0n) is 10.1. The molecular weight excluding hydrogens is 214 g/mol. The molecule has 0 aliphatic carbocycles. The van der Waals surface area contributed by atoms with Gasteiger partial charge in [-0.25, -0.2) is 4.99 Å². The van der Waals surface area contributed by atoms with Crippen LogP contribution in [-0.4, -0.2) is 24.7 Å². The van der Waals surface area contributed by atoms with Crippen LogP contribution in [0.15, 0.2) is 35.3 Å². The van der Waals surface area contributed by atoms with Crippen molar-refractivity contribution in [1.29, 1.82) is 0 Å². The number of guanidine groups is 1.